The van der Waals surface area contributed by atoms with E-state index in [1.54, 1.807) is 12.4 Å². The summed E-state index contributed by atoms with van der Waals surface area (Å²) >= 11 is 5.96. The molecule has 0 saturated heterocycles. The van der Waals surface area contributed by atoms with Gasteiger partial charge < -0.3 is 9.26 Å². The van der Waals surface area contributed by atoms with Gasteiger partial charge in [0.1, 0.15) is 0 Å². The van der Waals surface area contributed by atoms with Crippen molar-refractivity contribution in [2.24, 2.45) is 0 Å². The van der Waals surface area contributed by atoms with Crippen LogP contribution in [0.5, 0.6) is 0 Å². The zero-order chi connectivity index (χ0) is 19.4. The molecule has 0 unspecified atom stereocenters. The van der Waals surface area contributed by atoms with Crippen LogP contribution in [0.25, 0.3) is 11.4 Å². The van der Waals surface area contributed by atoms with Crippen molar-refractivity contribution in [3.63, 3.8) is 0 Å². The predicted octanol–water partition coefficient (Wildman–Crippen LogP) is 4.38. The second-order valence-electron chi connectivity index (χ2n) is 6.94. The van der Waals surface area contributed by atoms with Gasteiger partial charge in [0, 0.05) is 29.4 Å². The Morgan fingerprint density at radius 1 is 1.21 bits per heavy atom. The Labute approximate surface area is 167 Å². The van der Waals surface area contributed by atoms with Gasteiger partial charge in [-0.1, -0.05) is 35.3 Å². The van der Waals surface area contributed by atoms with Crippen molar-refractivity contribution < 1.29 is 14.1 Å². The summed E-state index contributed by atoms with van der Waals surface area (Å²) in [5, 5.41) is 4.63. The molecule has 1 fully saturated rings. The number of carbonyl (C=O) groups excluding carboxylic acids is 1. The average Bonchev–Trinajstić information content (AvgIpc) is 3.16. The molecule has 0 spiro atoms. The molecule has 0 radical (unpaired) electrons. The van der Waals surface area contributed by atoms with Crippen molar-refractivity contribution in [2.45, 2.75) is 37.5 Å². The number of aryl methyl sites for hydroxylation is 1. The molecular formula is C21H20ClN3O3. The SMILES string of the molecule is O=C(OCCCc1nc(-c2cccnc2)no1)C1(c2ccc(Cl)cc2)CCC1. The number of rotatable bonds is 7. The van der Waals surface area contributed by atoms with E-state index in [0.29, 0.717) is 36.2 Å². The van der Waals surface area contributed by atoms with Crippen molar-refractivity contribution in [3.8, 4) is 11.4 Å². The van der Waals surface area contributed by atoms with Gasteiger partial charge in [0.15, 0.2) is 0 Å². The number of aromatic nitrogens is 3. The summed E-state index contributed by atoms with van der Waals surface area (Å²) in [7, 11) is 0. The third-order valence-corrected chi connectivity index (χ3v) is 5.40. The van der Waals surface area contributed by atoms with Crippen molar-refractivity contribution in [1.82, 2.24) is 15.1 Å². The molecule has 0 aliphatic heterocycles. The fourth-order valence-electron chi connectivity index (χ4n) is 3.41. The number of hydrogen-bond acceptors (Lipinski definition) is 6. The average molecular weight is 398 g/mol. The summed E-state index contributed by atoms with van der Waals surface area (Å²) in [4.78, 5) is 21.1. The molecule has 0 amide bonds. The molecule has 1 aromatic carbocycles. The summed E-state index contributed by atoms with van der Waals surface area (Å²) in [6.07, 6.45) is 7.20. The maximum Gasteiger partial charge on any atom is 0.316 e. The fourth-order valence-corrected chi connectivity index (χ4v) is 3.53. The van der Waals surface area contributed by atoms with E-state index in [9.17, 15) is 4.79 Å². The monoisotopic (exact) mass is 397 g/mol. The summed E-state index contributed by atoms with van der Waals surface area (Å²) in [5.74, 6) is 0.866. The third kappa shape index (κ3) is 3.78. The standard InChI is InChI=1S/C21H20ClN3O3/c22-17-8-6-16(7-9-17)21(10-3-11-21)20(26)27-13-2-5-18-24-19(25-28-18)15-4-1-12-23-14-15/h1,4,6-9,12,14H,2-3,5,10-11,13H2. The maximum absolute atomic E-state index is 12.7. The molecule has 1 aliphatic rings. The van der Waals surface area contributed by atoms with Gasteiger partial charge in [0.05, 0.1) is 12.0 Å². The minimum atomic E-state index is -0.525. The number of hydrogen-bond donors (Lipinski definition) is 0. The molecule has 2 heterocycles. The molecule has 7 heteroatoms. The molecule has 3 aromatic rings. The highest BCUT2D eigenvalue weighted by atomic mass is 35.5. The number of carbonyl (C=O) groups is 1. The smallest absolute Gasteiger partial charge is 0.316 e. The number of halogens is 1. The van der Waals surface area contributed by atoms with Crippen LogP contribution in [0.3, 0.4) is 0 Å². The lowest BCUT2D eigenvalue weighted by Gasteiger charge is -2.39. The molecule has 1 aliphatic carbocycles. The minimum absolute atomic E-state index is 0.164. The largest absolute Gasteiger partial charge is 0.465 e. The van der Waals surface area contributed by atoms with Gasteiger partial charge >= 0.3 is 5.97 Å². The Morgan fingerprint density at radius 3 is 2.71 bits per heavy atom. The molecule has 0 atom stereocenters. The summed E-state index contributed by atoms with van der Waals surface area (Å²) < 4.78 is 10.8. The molecule has 28 heavy (non-hydrogen) atoms. The van der Waals surface area contributed by atoms with Gasteiger partial charge in [0.25, 0.3) is 0 Å². The van der Waals surface area contributed by atoms with Crippen molar-refractivity contribution in [1.29, 1.82) is 0 Å². The Morgan fingerprint density at radius 2 is 2.04 bits per heavy atom. The molecule has 4 rings (SSSR count). The summed E-state index contributed by atoms with van der Waals surface area (Å²) in [6, 6.07) is 11.2. The molecule has 2 aromatic heterocycles. The second kappa shape index (κ2) is 8.10. The first kappa shape index (κ1) is 18.6. The first-order chi connectivity index (χ1) is 13.7. The van der Waals surface area contributed by atoms with Gasteiger partial charge in [0.2, 0.25) is 11.7 Å². The van der Waals surface area contributed by atoms with Crippen LogP contribution in [-0.2, 0) is 21.4 Å². The zero-order valence-electron chi connectivity index (χ0n) is 15.3. The van der Waals surface area contributed by atoms with Crippen LogP contribution in [0.4, 0.5) is 0 Å². The van der Waals surface area contributed by atoms with Crippen LogP contribution in [-0.4, -0.2) is 27.7 Å². The lowest BCUT2D eigenvalue weighted by atomic mass is 9.64. The Kier molecular flexibility index (Phi) is 5.39. The van der Waals surface area contributed by atoms with Crippen LogP contribution in [0, 0.1) is 0 Å². The van der Waals surface area contributed by atoms with Crippen LogP contribution >= 0.6 is 11.6 Å². The van der Waals surface area contributed by atoms with Gasteiger partial charge in [-0.15, -0.1) is 0 Å². The van der Waals surface area contributed by atoms with Crippen molar-refractivity contribution >= 4 is 17.6 Å². The number of esters is 1. The predicted molar refractivity (Wildman–Crippen MR) is 104 cm³/mol. The van der Waals surface area contributed by atoms with E-state index in [1.165, 1.54) is 0 Å². The first-order valence-electron chi connectivity index (χ1n) is 9.34. The van der Waals surface area contributed by atoms with Crippen LogP contribution in [0.15, 0.2) is 53.3 Å². The van der Waals surface area contributed by atoms with E-state index in [1.807, 2.05) is 36.4 Å². The Hall–Kier alpha value is -2.73. The Balaban J connectivity index is 1.30. The highest BCUT2D eigenvalue weighted by molar-refractivity contribution is 6.30. The van der Waals surface area contributed by atoms with Gasteiger partial charge in [-0.2, -0.15) is 4.98 Å². The van der Waals surface area contributed by atoms with Gasteiger partial charge in [-0.05, 0) is 49.1 Å². The van der Waals surface area contributed by atoms with E-state index in [-0.39, 0.29) is 5.97 Å². The van der Waals surface area contributed by atoms with E-state index >= 15 is 0 Å². The molecule has 144 valence electrons. The normalized spacial score (nSPS) is 15.0. The van der Waals surface area contributed by atoms with Crippen LogP contribution < -0.4 is 0 Å². The van der Waals surface area contributed by atoms with E-state index in [4.69, 9.17) is 20.9 Å². The lowest BCUT2D eigenvalue weighted by Crippen LogP contribution is -2.43. The second-order valence-corrected chi connectivity index (χ2v) is 7.37. The first-order valence-corrected chi connectivity index (χ1v) is 9.71. The van der Waals surface area contributed by atoms with Crippen LogP contribution in [0.2, 0.25) is 5.02 Å². The van der Waals surface area contributed by atoms with Gasteiger partial charge in [-0.3, -0.25) is 9.78 Å². The molecule has 0 N–H and O–H groups in total. The maximum atomic E-state index is 12.7. The number of pyridine rings is 1. The number of nitrogens with zero attached hydrogens (tertiary/aromatic N) is 3. The quantitative estimate of drug-likeness (QED) is 0.434. The van der Waals surface area contributed by atoms with E-state index in [0.717, 1.165) is 30.4 Å². The highest BCUT2D eigenvalue weighted by Gasteiger charge is 2.47. The zero-order valence-corrected chi connectivity index (χ0v) is 16.1. The molecular weight excluding hydrogens is 378 g/mol. The fraction of sp³-hybridized carbons (Fsp3) is 0.333. The lowest BCUT2D eigenvalue weighted by molar-refractivity contribution is -0.154. The highest BCUT2D eigenvalue weighted by Crippen LogP contribution is 2.45. The van der Waals surface area contributed by atoms with Crippen molar-refractivity contribution in [2.75, 3.05) is 6.61 Å². The molecule has 1 saturated carbocycles. The van der Waals surface area contributed by atoms with Crippen LogP contribution in [0.1, 0.15) is 37.1 Å². The van der Waals surface area contributed by atoms with E-state index in [2.05, 4.69) is 15.1 Å². The van der Waals surface area contributed by atoms with Gasteiger partial charge in [-0.25, -0.2) is 0 Å². The van der Waals surface area contributed by atoms with Crippen molar-refractivity contribution in [3.05, 3.63) is 65.3 Å². The number of benzene rings is 1. The van der Waals surface area contributed by atoms with E-state index < -0.39 is 5.41 Å². The third-order valence-electron chi connectivity index (χ3n) is 5.15. The number of ether oxygens (including phenoxy) is 1. The molecule has 0 bridgehead atoms. The summed E-state index contributed by atoms with van der Waals surface area (Å²) in [5.41, 5.74) is 1.26. The Bertz CT molecular complexity index is 937. The topological polar surface area (TPSA) is 78.1 Å². The minimum Gasteiger partial charge on any atom is -0.465 e. The molecule has 6 nitrogen and oxygen atoms in total. The summed E-state index contributed by atoms with van der Waals surface area (Å²) in [6.45, 7) is 0.318.